The van der Waals surface area contributed by atoms with E-state index in [0.29, 0.717) is 22.8 Å². The van der Waals surface area contributed by atoms with Gasteiger partial charge in [0.1, 0.15) is 0 Å². The Kier molecular flexibility index (Phi) is 6.25. The van der Waals surface area contributed by atoms with Gasteiger partial charge in [-0.1, -0.05) is 47.5 Å². The zero-order valence-electron chi connectivity index (χ0n) is 16.1. The fraction of sp³-hybridized carbons (Fsp3) is 0.136. The standard InChI is InChI=1S/C22H21ClN2O3S/c1-16-9-11-21(12-10-16)29(27,28)24-20-8-4-6-18(14-20)22(26)25(2)15-17-5-3-7-19(23)13-17/h3-14,24H,15H2,1-2H3. The maximum absolute atomic E-state index is 12.8. The fourth-order valence-corrected chi connectivity index (χ4v) is 4.11. The normalized spacial score (nSPS) is 11.1. The molecular weight excluding hydrogens is 408 g/mol. The van der Waals surface area contributed by atoms with E-state index in [4.69, 9.17) is 11.6 Å². The zero-order chi connectivity index (χ0) is 21.0. The van der Waals surface area contributed by atoms with E-state index in [1.807, 2.05) is 19.1 Å². The van der Waals surface area contributed by atoms with E-state index in [-0.39, 0.29) is 10.8 Å². The number of hydrogen-bond acceptors (Lipinski definition) is 3. The molecule has 0 atom stereocenters. The molecule has 7 heteroatoms. The monoisotopic (exact) mass is 428 g/mol. The SMILES string of the molecule is Cc1ccc(S(=O)(=O)Nc2cccc(C(=O)N(C)Cc3cccc(Cl)c3)c2)cc1. The number of nitrogens with one attached hydrogen (secondary N) is 1. The molecule has 0 spiro atoms. The number of benzene rings is 3. The molecule has 3 aromatic carbocycles. The first-order valence-corrected chi connectivity index (χ1v) is 10.8. The van der Waals surface area contributed by atoms with Crippen LogP contribution in [0, 0.1) is 6.92 Å². The predicted octanol–water partition coefficient (Wildman–Crippen LogP) is 4.72. The summed E-state index contributed by atoms with van der Waals surface area (Å²) in [6.07, 6.45) is 0. The lowest BCUT2D eigenvalue weighted by molar-refractivity contribution is 0.0785. The number of hydrogen-bond donors (Lipinski definition) is 1. The molecule has 5 nitrogen and oxygen atoms in total. The third kappa shape index (κ3) is 5.37. The molecule has 0 heterocycles. The summed E-state index contributed by atoms with van der Waals surface area (Å²) in [5.74, 6) is -0.221. The smallest absolute Gasteiger partial charge is 0.261 e. The number of nitrogens with zero attached hydrogens (tertiary/aromatic N) is 1. The summed E-state index contributed by atoms with van der Waals surface area (Å²) >= 11 is 6.00. The molecule has 3 aromatic rings. The number of rotatable bonds is 6. The van der Waals surface area contributed by atoms with Gasteiger partial charge in [-0.3, -0.25) is 9.52 Å². The molecule has 0 fully saturated rings. The lowest BCUT2D eigenvalue weighted by Crippen LogP contribution is -2.26. The van der Waals surface area contributed by atoms with Crippen LogP contribution in [0.5, 0.6) is 0 Å². The Morgan fingerprint density at radius 2 is 1.69 bits per heavy atom. The van der Waals surface area contributed by atoms with Crippen molar-refractivity contribution in [1.82, 2.24) is 4.90 Å². The summed E-state index contributed by atoms with van der Waals surface area (Å²) in [5, 5.41) is 0.607. The first kappa shape index (κ1) is 20.9. The van der Waals surface area contributed by atoms with Crippen molar-refractivity contribution in [3.63, 3.8) is 0 Å². The molecule has 1 amide bonds. The van der Waals surface area contributed by atoms with E-state index >= 15 is 0 Å². The van der Waals surface area contributed by atoms with E-state index in [2.05, 4.69) is 4.72 Å². The summed E-state index contributed by atoms with van der Waals surface area (Å²) in [7, 11) is -2.05. The third-order valence-corrected chi connectivity index (χ3v) is 5.98. The van der Waals surface area contributed by atoms with Crippen molar-refractivity contribution in [3.05, 3.63) is 94.5 Å². The van der Waals surface area contributed by atoms with Gasteiger partial charge in [-0.2, -0.15) is 0 Å². The fourth-order valence-electron chi connectivity index (χ4n) is 2.85. The molecule has 1 N–H and O–H groups in total. The number of carbonyl (C=O) groups is 1. The average Bonchev–Trinajstić information content (AvgIpc) is 2.67. The van der Waals surface area contributed by atoms with Crippen molar-refractivity contribution in [3.8, 4) is 0 Å². The van der Waals surface area contributed by atoms with E-state index in [0.717, 1.165) is 11.1 Å². The highest BCUT2D eigenvalue weighted by molar-refractivity contribution is 7.92. The Hall–Kier alpha value is -2.83. The molecule has 150 valence electrons. The minimum absolute atomic E-state index is 0.165. The molecule has 0 bridgehead atoms. The van der Waals surface area contributed by atoms with Gasteiger partial charge in [-0.25, -0.2) is 8.42 Å². The molecule has 3 rings (SSSR count). The summed E-state index contributed by atoms with van der Waals surface area (Å²) in [5.41, 5.74) is 2.59. The summed E-state index contributed by atoms with van der Waals surface area (Å²) < 4.78 is 27.7. The minimum atomic E-state index is -3.74. The van der Waals surface area contributed by atoms with Crippen molar-refractivity contribution < 1.29 is 13.2 Å². The van der Waals surface area contributed by atoms with Crippen LogP contribution in [0.25, 0.3) is 0 Å². The van der Waals surface area contributed by atoms with Crippen molar-refractivity contribution in [2.45, 2.75) is 18.4 Å². The molecule has 0 saturated carbocycles. The van der Waals surface area contributed by atoms with Gasteiger partial charge in [-0.05, 0) is 55.0 Å². The molecular formula is C22H21ClN2O3S. The van der Waals surface area contributed by atoms with Gasteiger partial charge in [0.15, 0.2) is 0 Å². The average molecular weight is 429 g/mol. The first-order valence-electron chi connectivity index (χ1n) is 8.94. The van der Waals surface area contributed by atoms with Crippen LogP contribution >= 0.6 is 11.6 Å². The summed E-state index contributed by atoms with van der Waals surface area (Å²) in [6, 6.07) is 20.3. The minimum Gasteiger partial charge on any atom is -0.337 e. The van der Waals surface area contributed by atoms with Gasteiger partial charge in [-0.15, -0.1) is 0 Å². The van der Waals surface area contributed by atoms with E-state index in [1.54, 1.807) is 66.5 Å². The first-order chi connectivity index (χ1) is 13.7. The molecule has 0 radical (unpaired) electrons. The second-order valence-corrected chi connectivity index (χ2v) is 8.91. The van der Waals surface area contributed by atoms with Crippen LogP contribution in [0.3, 0.4) is 0 Å². The van der Waals surface area contributed by atoms with Crippen LogP contribution in [0.4, 0.5) is 5.69 Å². The van der Waals surface area contributed by atoms with Crippen LogP contribution in [-0.4, -0.2) is 26.3 Å². The van der Waals surface area contributed by atoms with Crippen molar-refractivity contribution in [2.75, 3.05) is 11.8 Å². The highest BCUT2D eigenvalue weighted by Gasteiger charge is 2.16. The number of sulfonamides is 1. The molecule has 0 aliphatic rings. The molecule has 0 aliphatic heterocycles. The van der Waals surface area contributed by atoms with Crippen LogP contribution in [0.1, 0.15) is 21.5 Å². The Balaban J connectivity index is 1.76. The Morgan fingerprint density at radius 3 is 2.38 bits per heavy atom. The number of amides is 1. The predicted molar refractivity (Wildman–Crippen MR) is 116 cm³/mol. The number of halogens is 1. The van der Waals surface area contributed by atoms with Crippen LogP contribution in [-0.2, 0) is 16.6 Å². The Labute approximate surface area is 176 Å². The quantitative estimate of drug-likeness (QED) is 0.617. The molecule has 0 aromatic heterocycles. The number of aryl methyl sites for hydroxylation is 1. The zero-order valence-corrected chi connectivity index (χ0v) is 17.7. The summed E-state index contributed by atoms with van der Waals surface area (Å²) in [6.45, 7) is 2.28. The van der Waals surface area contributed by atoms with Gasteiger partial charge >= 0.3 is 0 Å². The Morgan fingerprint density at radius 1 is 1.00 bits per heavy atom. The maximum Gasteiger partial charge on any atom is 0.261 e. The van der Waals surface area contributed by atoms with Crippen LogP contribution in [0.15, 0.2) is 77.7 Å². The molecule has 0 aliphatic carbocycles. The Bertz CT molecular complexity index is 1130. The second-order valence-electron chi connectivity index (χ2n) is 6.79. The van der Waals surface area contributed by atoms with Crippen molar-refractivity contribution >= 4 is 33.2 Å². The van der Waals surface area contributed by atoms with Crippen molar-refractivity contribution in [1.29, 1.82) is 0 Å². The van der Waals surface area contributed by atoms with Gasteiger partial charge in [0.25, 0.3) is 15.9 Å². The molecule has 29 heavy (non-hydrogen) atoms. The number of anilines is 1. The molecule has 0 unspecified atom stereocenters. The van der Waals surface area contributed by atoms with Gasteiger partial charge in [0, 0.05) is 29.9 Å². The van der Waals surface area contributed by atoms with E-state index in [9.17, 15) is 13.2 Å². The van der Waals surface area contributed by atoms with Crippen LogP contribution < -0.4 is 4.72 Å². The lowest BCUT2D eigenvalue weighted by Gasteiger charge is -2.18. The van der Waals surface area contributed by atoms with E-state index in [1.165, 1.54) is 6.07 Å². The second kappa shape index (κ2) is 8.68. The van der Waals surface area contributed by atoms with Gasteiger partial charge < -0.3 is 4.90 Å². The van der Waals surface area contributed by atoms with Crippen LogP contribution in [0.2, 0.25) is 5.02 Å². The van der Waals surface area contributed by atoms with Gasteiger partial charge in [0.05, 0.1) is 4.90 Å². The summed E-state index contributed by atoms with van der Waals surface area (Å²) in [4.78, 5) is 14.5. The van der Waals surface area contributed by atoms with E-state index < -0.39 is 10.0 Å². The topological polar surface area (TPSA) is 66.5 Å². The third-order valence-electron chi connectivity index (χ3n) is 4.35. The highest BCUT2D eigenvalue weighted by Crippen LogP contribution is 2.19. The largest absolute Gasteiger partial charge is 0.337 e. The van der Waals surface area contributed by atoms with Gasteiger partial charge in [0.2, 0.25) is 0 Å². The maximum atomic E-state index is 12.8. The van der Waals surface area contributed by atoms with Crippen molar-refractivity contribution in [2.24, 2.45) is 0 Å². The number of carbonyl (C=O) groups excluding carboxylic acids is 1. The molecule has 0 saturated heterocycles. The lowest BCUT2D eigenvalue weighted by atomic mass is 10.1. The highest BCUT2D eigenvalue weighted by atomic mass is 35.5.